The Morgan fingerprint density at radius 1 is 1.28 bits per heavy atom. The summed E-state index contributed by atoms with van der Waals surface area (Å²) >= 11 is 0. The van der Waals surface area contributed by atoms with Crippen molar-refractivity contribution in [2.45, 2.75) is 26.3 Å². The molecule has 0 heterocycles. The summed E-state index contributed by atoms with van der Waals surface area (Å²) in [5.41, 5.74) is -0.109. The number of nitrogens with one attached hydrogen (secondary N) is 2. The van der Waals surface area contributed by atoms with E-state index < -0.39 is 23.4 Å². The Labute approximate surface area is 103 Å². The highest BCUT2D eigenvalue weighted by atomic mass is 19.2. The maximum Gasteiger partial charge on any atom is 0.238 e. The van der Waals surface area contributed by atoms with Gasteiger partial charge in [0.2, 0.25) is 5.91 Å². The van der Waals surface area contributed by atoms with E-state index in [-0.39, 0.29) is 18.3 Å². The third-order valence-corrected chi connectivity index (χ3v) is 2.49. The summed E-state index contributed by atoms with van der Waals surface area (Å²) in [5, 5.41) is 5.20. The van der Waals surface area contributed by atoms with Crippen LogP contribution in [0.2, 0.25) is 0 Å². The maximum absolute atomic E-state index is 12.9. The number of anilines is 1. The van der Waals surface area contributed by atoms with Crippen molar-refractivity contribution < 1.29 is 18.0 Å². The highest BCUT2D eigenvalue weighted by molar-refractivity contribution is 5.92. The van der Waals surface area contributed by atoms with Crippen LogP contribution < -0.4 is 10.6 Å². The van der Waals surface area contributed by atoms with Gasteiger partial charge in [-0.15, -0.1) is 0 Å². The first kappa shape index (κ1) is 14.5. The number of carbonyl (C=O) groups excluding carboxylic acids is 1. The van der Waals surface area contributed by atoms with Gasteiger partial charge in [0, 0.05) is 23.9 Å². The van der Waals surface area contributed by atoms with Gasteiger partial charge in [0.1, 0.15) is 0 Å². The number of carbonyl (C=O) groups is 1. The van der Waals surface area contributed by atoms with Crippen LogP contribution in [-0.2, 0) is 4.79 Å². The van der Waals surface area contributed by atoms with Crippen molar-refractivity contribution in [2.75, 3.05) is 11.9 Å². The molecule has 1 aromatic carbocycles. The Balaban J connectivity index is 2.60. The van der Waals surface area contributed by atoms with Gasteiger partial charge < -0.3 is 10.6 Å². The SMILES string of the molecule is CCC(C)NCC(=O)Nc1cc(F)c(F)c(F)c1. The van der Waals surface area contributed by atoms with Crippen molar-refractivity contribution in [3.63, 3.8) is 0 Å². The summed E-state index contributed by atoms with van der Waals surface area (Å²) in [7, 11) is 0. The summed E-state index contributed by atoms with van der Waals surface area (Å²) in [5.74, 6) is -4.66. The largest absolute Gasteiger partial charge is 0.325 e. The second-order valence-electron chi connectivity index (χ2n) is 3.99. The van der Waals surface area contributed by atoms with Gasteiger partial charge in [0.05, 0.1) is 6.54 Å². The van der Waals surface area contributed by atoms with Crippen LogP contribution in [-0.4, -0.2) is 18.5 Å². The van der Waals surface area contributed by atoms with Crippen LogP contribution in [0.15, 0.2) is 12.1 Å². The number of halogens is 3. The third kappa shape index (κ3) is 4.03. The summed E-state index contributed by atoms with van der Waals surface area (Å²) in [6.45, 7) is 3.89. The third-order valence-electron chi connectivity index (χ3n) is 2.49. The number of benzene rings is 1. The molecule has 0 aliphatic carbocycles. The fourth-order valence-electron chi connectivity index (χ4n) is 1.24. The number of rotatable bonds is 5. The van der Waals surface area contributed by atoms with E-state index in [1.807, 2.05) is 13.8 Å². The maximum atomic E-state index is 12.9. The van der Waals surface area contributed by atoms with E-state index in [1.165, 1.54) is 0 Å². The van der Waals surface area contributed by atoms with Gasteiger partial charge in [0.25, 0.3) is 0 Å². The monoisotopic (exact) mass is 260 g/mol. The minimum Gasteiger partial charge on any atom is -0.325 e. The summed E-state index contributed by atoms with van der Waals surface area (Å²) in [4.78, 5) is 11.4. The average Bonchev–Trinajstić information content (AvgIpc) is 2.32. The number of hydrogen-bond acceptors (Lipinski definition) is 2. The average molecular weight is 260 g/mol. The minimum absolute atomic E-state index is 0.0234. The summed E-state index contributed by atoms with van der Waals surface area (Å²) in [6.07, 6.45) is 0.854. The van der Waals surface area contributed by atoms with E-state index in [9.17, 15) is 18.0 Å². The van der Waals surface area contributed by atoms with Crippen molar-refractivity contribution in [3.8, 4) is 0 Å². The molecule has 0 fully saturated rings. The Kier molecular flexibility index (Phi) is 5.15. The van der Waals surface area contributed by atoms with Crippen LogP contribution in [0.25, 0.3) is 0 Å². The van der Waals surface area contributed by atoms with Gasteiger partial charge in [0.15, 0.2) is 17.5 Å². The molecule has 1 amide bonds. The lowest BCUT2D eigenvalue weighted by molar-refractivity contribution is -0.115. The van der Waals surface area contributed by atoms with Crippen LogP contribution in [0.5, 0.6) is 0 Å². The van der Waals surface area contributed by atoms with Gasteiger partial charge in [-0.2, -0.15) is 0 Å². The predicted octanol–water partition coefficient (Wildman–Crippen LogP) is 2.43. The molecule has 0 saturated carbocycles. The molecule has 0 bridgehead atoms. The summed E-state index contributed by atoms with van der Waals surface area (Å²) < 4.78 is 38.4. The predicted molar refractivity (Wildman–Crippen MR) is 62.7 cm³/mol. The molecule has 18 heavy (non-hydrogen) atoms. The molecule has 3 nitrogen and oxygen atoms in total. The van der Waals surface area contributed by atoms with Crippen molar-refractivity contribution >= 4 is 11.6 Å². The molecule has 100 valence electrons. The highest BCUT2D eigenvalue weighted by Gasteiger charge is 2.12. The van der Waals surface area contributed by atoms with Crippen molar-refractivity contribution in [3.05, 3.63) is 29.6 Å². The van der Waals surface area contributed by atoms with Crippen LogP contribution in [0.4, 0.5) is 18.9 Å². The molecule has 0 aliphatic rings. The zero-order valence-electron chi connectivity index (χ0n) is 10.2. The molecule has 0 spiro atoms. The fourth-order valence-corrected chi connectivity index (χ4v) is 1.24. The first-order valence-corrected chi connectivity index (χ1v) is 5.61. The molecule has 0 aliphatic heterocycles. The van der Waals surface area contributed by atoms with Crippen LogP contribution in [0.1, 0.15) is 20.3 Å². The van der Waals surface area contributed by atoms with E-state index in [1.54, 1.807) is 0 Å². The van der Waals surface area contributed by atoms with Gasteiger partial charge >= 0.3 is 0 Å². The minimum atomic E-state index is -1.55. The molecule has 1 atom stereocenters. The Bertz CT molecular complexity index is 414. The van der Waals surface area contributed by atoms with E-state index in [0.717, 1.165) is 18.6 Å². The first-order valence-electron chi connectivity index (χ1n) is 5.61. The lowest BCUT2D eigenvalue weighted by atomic mass is 10.2. The second-order valence-corrected chi connectivity index (χ2v) is 3.99. The molecule has 0 aromatic heterocycles. The Morgan fingerprint density at radius 2 is 1.83 bits per heavy atom. The van der Waals surface area contributed by atoms with E-state index in [0.29, 0.717) is 0 Å². The molecule has 1 rings (SSSR count). The highest BCUT2D eigenvalue weighted by Crippen LogP contribution is 2.17. The molecule has 1 aromatic rings. The molecule has 0 saturated heterocycles. The van der Waals surface area contributed by atoms with Crippen LogP contribution >= 0.6 is 0 Å². The molecule has 0 radical (unpaired) electrons. The van der Waals surface area contributed by atoms with Gasteiger partial charge in [-0.25, -0.2) is 13.2 Å². The molecule has 6 heteroatoms. The number of amides is 1. The first-order chi connectivity index (χ1) is 8.43. The van der Waals surface area contributed by atoms with Gasteiger partial charge in [-0.3, -0.25) is 4.79 Å². The normalized spacial score (nSPS) is 12.3. The lowest BCUT2D eigenvalue weighted by Gasteiger charge is -2.11. The standard InChI is InChI=1S/C12H15F3N2O/c1-3-7(2)16-6-11(18)17-8-4-9(13)12(15)10(14)5-8/h4-5,7,16H,3,6H2,1-2H3,(H,17,18). The van der Waals surface area contributed by atoms with Crippen LogP contribution in [0.3, 0.4) is 0 Å². The molecular formula is C12H15F3N2O. The Morgan fingerprint density at radius 3 is 2.33 bits per heavy atom. The molecular weight excluding hydrogens is 245 g/mol. The number of hydrogen-bond donors (Lipinski definition) is 2. The van der Waals surface area contributed by atoms with Crippen molar-refractivity contribution in [1.82, 2.24) is 5.32 Å². The van der Waals surface area contributed by atoms with E-state index in [4.69, 9.17) is 0 Å². The topological polar surface area (TPSA) is 41.1 Å². The van der Waals surface area contributed by atoms with Crippen molar-refractivity contribution in [1.29, 1.82) is 0 Å². The zero-order valence-corrected chi connectivity index (χ0v) is 10.2. The summed E-state index contributed by atoms with van der Waals surface area (Å²) in [6, 6.07) is 1.64. The fraction of sp³-hybridized carbons (Fsp3) is 0.417. The van der Waals surface area contributed by atoms with E-state index in [2.05, 4.69) is 10.6 Å². The second kappa shape index (κ2) is 6.39. The van der Waals surface area contributed by atoms with E-state index >= 15 is 0 Å². The van der Waals surface area contributed by atoms with Gasteiger partial charge in [-0.05, 0) is 13.3 Å². The smallest absolute Gasteiger partial charge is 0.238 e. The quantitative estimate of drug-likeness (QED) is 0.798. The van der Waals surface area contributed by atoms with Crippen LogP contribution in [0, 0.1) is 17.5 Å². The zero-order chi connectivity index (χ0) is 13.7. The lowest BCUT2D eigenvalue weighted by Crippen LogP contribution is -2.34. The Hall–Kier alpha value is -1.56. The van der Waals surface area contributed by atoms with Crippen molar-refractivity contribution in [2.24, 2.45) is 0 Å². The molecule has 1 unspecified atom stereocenters. The van der Waals surface area contributed by atoms with Gasteiger partial charge in [-0.1, -0.05) is 6.92 Å². The molecule has 2 N–H and O–H groups in total.